The van der Waals surface area contributed by atoms with Crippen LogP contribution in [0.3, 0.4) is 0 Å². The summed E-state index contributed by atoms with van der Waals surface area (Å²) in [7, 11) is 0. The van der Waals surface area contributed by atoms with E-state index in [0.717, 1.165) is 35.6 Å². The summed E-state index contributed by atoms with van der Waals surface area (Å²) in [4.78, 5) is 14.4. The second kappa shape index (κ2) is 7.09. The summed E-state index contributed by atoms with van der Waals surface area (Å²) in [5, 5.41) is 2.94. The van der Waals surface area contributed by atoms with E-state index >= 15 is 0 Å². The number of halogens is 1. The molecule has 0 atom stereocenters. The molecule has 5 heteroatoms. The van der Waals surface area contributed by atoms with Gasteiger partial charge in [-0.25, -0.2) is 0 Å². The molecular weight excluding hydrogens is 318 g/mol. The van der Waals surface area contributed by atoms with Crippen LogP contribution in [0.15, 0.2) is 22.7 Å². The molecule has 20 heavy (non-hydrogen) atoms. The fourth-order valence-electron chi connectivity index (χ4n) is 2.24. The Morgan fingerprint density at radius 1 is 1.50 bits per heavy atom. The van der Waals surface area contributed by atoms with Crippen LogP contribution in [0.2, 0.25) is 0 Å². The number of anilines is 2. The van der Waals surface area contributed by atoms with Crippen molar-refractivity contribution in [3.05, 3.63) is 22.7 Å². The van der Waals surface area contributed by atoms with Crippen LogP contribution in [-0.2, 0) is 4.79 Å². The molecule has 3 N–H and O–H groups in total. The van der Waals surface area contributed by atoms with Gasteiger partial charge in [-0.3, -0.25) is 9.69 Å². The van der Waals surface area contributed by atoms with E-state index in [0.29, 0.717) is 12.2 Å². The first-order chi connectivity index (χ1) is 9.58. The number of carbonyl (C=O) groups excluding carboxylic acids is 1. The average Bonchev–Trinajstić information content (AvgIpc) is 3.17. The maximum Gasteiger partial charge on any atom is 0.238 e. The first kappa shape index (κ1) is 15.3. The Balaban J connectivity index is 1.89. The number of benzene rings is 1. The van der Waals surface area contributed by atoms with E-state index in [1.54, 1.807) is 12.1 Å². The van der Waals surface area contributed by atoms with Crippen LogP contribution >= 0.6 is 15.9 Å². The summed E-state index contributed by atoms with van der Waals surface area (Å²) >= 11 is 3.41. The van der Waals surface area contributed by atoms with E-state index in [-0.39, 0.29) is 5.91 Å². The molecule has 0 aromatic heterocycles. The third-order valence-corrected chi connectivity index (χ3v) is 4.04. The zero-order chi connectivity index (χ0) is 14.5. The van der Waals surface area contributed by atoms with Crippen molar-refractivity contribution in [3.63, 3.8) is 0 Å². The van der Waals surface area contributed by atoms with Gasteiger partial charge in [0.25, 0.3) is 0 Å². The van der Waals surface area contributed by atoms with Gasteiger partial charge in [0.15, 0.2) is 0 Å². The summed E-state index contributed by atoms with van der Waals surface area (Å²) in [5.74, 6) is 0.835. The summed E-state index contributed by atoms with van der Waals surface area (Å²) in [6, 6.07) is 5.40. The van der Waals surface area contributed by atoms with Gasteiger partial charge in [0.2, 0.25) is 5.91 Å². The van der Waals surface area contributed by atoms with Gasteiger partial charge < -0.3 is 11.1 Å². The van der Waals surface area contributed by atoms with Crippen molar-refractivity contribution in [1.29, 1.82) is 0 Å². The zero-order valence-electron chi connectivity index (χ0n) is 11.9. The predicted octanol–water partition coefficient (Wildman–Crippen LogP) is 3.09. The lowest BCUT2D eigenvalue weighted by Crippen LogP contribution is -2.35. The molecule has 2 rings (SSSR count). The molecule has 0 spiro atoms. The Bertz CT molecular complexity index is 474. The van der Waals surface area contributed by atoms with Gasteiger partial charge in [-0.2, -0.15) is 0 Å². The number of hydrogen-bond donors (Lipinski definition) is 2. The van der Waals surface area contributed by atoms with Crippen LogP contribution in [0.25, 0.3) is 0 Å². The molecule has 1 saturated carbocycles. The highest BCUT2D eigenvalue weighted by Gasteiger charge is 2.24. The fourth-order valence-corrected chi connectivity index (χ4v) is 2.74. The SMILES string of the molecule is CCCN(CC(=O)Nc1ccc(N)cc1Br)CC1CC1. The summed E-state index contributed by atoms with van der Waals surface area (Å²) in [6.07, 6.45) is 3.70. The Morgan fingerprint density at radius 2 is 2.25 bits per heavy atom. The quantitative estimate of drug-likeness (QED) is 0.750. The zero-order valence-corrected chi connectivity index (χ0v) is 13.4. The van der Waals surface area contributed by atoms with E-state index in [2.05, 4.69) is 33.1 Å². The second-order valence-electron chi connectivity index (χ2n) is 5.47. The Hall–Kier alpha value is -1.07. The van der Waals surface area contributed by atoms with Gasteiger partial charge in [0, 0.05) is 16.7 Å². The minimum atomic E-state index is 0.0320. The van der Waals surface area contributed by atoms with Crippen molar-refractivity contribution in [2.45, 2.75) is 26.2 Å². The van der Waals surface area contributed by atoms with Crippen molar-refractivity contribution < 1.29 is 4.79 Å². The molecule has 0 radical (unpaired) electrons. The monoisotopic (exact) mass is 339 g/mol. The molecule has 4 nitrogen and oxygen atoms in total. The van der Waals surface area contributed by atoms with Gasteiger partial charge in [0.1, 0.15) is 0 Å². The molecule has 0 heterocycles. The van der Waals surface area contributed by atoms with Crippen LogP contribution in [0.1, 0.15) is 26.2 Å². The average molecular weight is 340 g/mol. The van der Waals surface area contributed by atoms with Crippen LogP contribution < -0.4 is 11.1 Å². The van der Waals surface area contributed by atoms with Crippen LogP contribution in [0.4, 0.5) is 11.4 Å². The van der Waals surface area contributed by atoms with Gasteiger partial charge in [-0.1, -0.05) is 6.92 Å². The van der Waals surface area contributed by atoms with E-state index < -0.39 is 0 Å². The Labute approximate surface area is 128 Å². The first-order valence-corrected chi connectivity index (χ1v) is 7.95. The number of nitrogens with one attached hydrogen (secondary N) is 1. The van der Waals surface area contributed by atoms with Crippen LogP contribution in [-0.4, -0.2) is 30.4 Å². The minimum Gasteiger partial charge on any atom is -0.399 e. The highest BCUT2D eigenvalue weighted by atomic mass is 79.9. The molecule has 0 aliphatic heterocycles. The second-order valence-corrected chi connectivity index (χ2v) is 6.32. The number of hydrogen-bond acceptors (Lipinski definition) is 3. The number of carbonyl (C=O) groups is 1. The van der Waals surface area contributed by atoms with Crippen LogP contribution in [0.5, 0.6) is 0 Å². The molecule has 0 unspecified atom stereocenters. The first-order valence-electron chi connectivity index (χ1n) is 7.15. The molecule has 110 valence electrons. The molecule has 1 aliphatic carbocycles. The largest absolute Gasteiger partial charge is 0.399 e. The van der Waals surface area contributed by atoms with Gasteiger partial charge >= 0.3 is 0 Å². The number of amides is 1. The normalized spacial score (nSPS) is 14.6. The van der Waals surface area contributed by atoms with Gasteiger partial charge in [-0.05, 0) is 65.9 Å². The van der Waals surface area contributed by atoms with E-state index in [9.17, 15) is 4.79 Å². The molecule has 1 aromatic rings. The lowest BCUT2D eigenvalue weighted by molar-refractivity contribution is -0.117. The Kier molecular flexibility index (Phi) is 5.43. The van der Waals surface area contributed by atoms with E-state index in [1.165, 1.54) is 12.8 Å². The van der Waals surface area contributed by atoms with Crippen LogP contribution in [0, 0.1) is 5.92 Å². The predicted molar refractivity (Wildman–Crippen MR) is 86.6 cm³/mol. The fraction of sp³-hybridized carbons (Fsp3) is 0.533. The van der Waals surface area contributed by atoms with Crippen molar-refractivity contribution in [2.24, 2.45) is 5.92 Å². The maximum absolute atomic E-state index is 12.1. The number of nitrogens with two attached hydrogens (primary N) is 1. The molecule has 0 saturated heterocycles. The molecule has 1 amide bonds. The summed E-state index contributed by atoms with van der Waals surface area (Å²) < 4.78 is 0.815. The molecule has 1 aliphatic rings. The molecule has 0 bridgehead atoms. The van der Waals surface area contributed by atoms with Crippen molar-refractivity contribution in [1.82, 2.24) is 4.90 Å². The topological polar surface area (TPSA) is 58.4 Å². The summed E-state index contributed by atoms with van der Waals surface area (Å²) in [6.45, 7) is 4.63. The minimum absolute atomic E-state index is 0.0320. The number of nitrogen functional groups attached to an aromatic ring is 1. The molecule has 1 fully saturated rings. The highest BCUT2D eigenvalue weighted by Crippen LogP contribution is 2.29. The third kappa shape index (κ3) is 4.80. The van der Waals surface area contributed by atoms with Gasteiger partial charge in [0.05, 0.1) is 12.2 Å². The lowest BCUT2D eigenvalue weighted by Gasteiger charge is -2.21. The highest BCUT2D eigenvalue weighted by molar-refractivity contribution is 9.10. The van der Waals surface area contributed by atoms with E-state index in [1.807, 2.05) is 6.07 Å². The van der Waals surface area contributed by atoms with Gasteiger partial charge in [-0.15, -0.1) is 0 Å². The molecule has 1 aromatic carbocycles. The maximum atomic E-state index is 12.1. The standard InChI is InChI=1S/C15H22BrN3O/c1-2-7-19(9-11-3-4-11)10-15(20)18-14-6-5-12(17)8-13(14)16/h5-6,8,11H,2-4,7,9-10,17H2,1H3,(H,18,20). The Morgan fingerprint density at radius 3 is 2.85 bits per heavy atom. The van der Waals surface area contributed by atoms with Crippen molar-refractivity contribution >= 4 is 33.2 Å². The third-order valence-electron chi connectivity index (χ3n) is 3.39. The molecular formula is C15H22BrN3O. The van der Waals surface area contributed by atoms with E-state index in [4.69, 9.17) is 5.73 Å². The lowest BCUT2D eigenvalue weighted by atomic mass is 10.2. The van der Waals surface area contributed by atoms with Crippen molar-refractivity contribution in [2.75, 3.05) is 30.7 Å². The number of rotatable bonds is 7. The smallest absolute Gasteiger partial charge is 0.238 e. The summed E-state index contributed by atoms with van der Waals surface area (Å²) in [5.41, 5.74) is 7.14. The number of nitrogens with zero attached hydrogens (tertiary/aromatic N) is 1. The van der Waals surface area contributed by atoms with Crippen molar-refractivity contribution in [3.8, 4) is 0 Å².